The summed E-state index contributed by atoms with van der Waals surface area (Å²) in [5.74, 6) is 0.601. The van der Waals surface area contributed by atoms with Crippen molar-refractivity contribution >= 4 is 77.5 Å². The molecule has 3 aromatic heterocycles. The van der Waals surface area contributed by atoms with Crippen molar-refractivity contribution in [3.63, 3.8) is 0 Å². The van der Waals surface area contributed by atoms with Gasteiger partial charge in [-0.05, 0) is 57.4 Å². The number of oxazole rings is 1. The molecule has 0 atom stereocenters. The number of benzene rings is 4. The SMILES string of the molecule is CC(C)(O)C(C)(C)OBc1cccc2oc3cc4nc(-c5cccc6c5sc5ccccc56)oc4cc3c12. The van der Waals surface area contributed by atoms with E-state index in [0.29, 0.717) is 19.0 Å². The van der Waals surface area contributed by atoms with E-state index in [-0.39, 0.29) is 0 Å². The maximum atomic E-state index is 10.5. The number of nitrogens with zero attached hydrogens (tertiary/aromatic N) is 1. The molecule has 0 radical (unpaired) electrons. The van der Waals surface area contributed by atoms with Crippen LogP contribution < -0.4 is 5.46 Å². The molecule has 0 aliphatic heterocycles. The zero-order valence-corrected chi connectivity index (χ0v) is 22.5. The Balaban J connectivity index is 1.35. The van der Waals surface area contributed by atoms with Gasteiger partial charge in [-0.15, -0.1) is 11.3 Å². The maximum absolute atomic E-state index is 10.5. The van der Waals surface area contributed by atoms with Crippen molar-refractivity contribution in [3.05, 3.63) is 72.8 Å². The minimum Gasteiger partial charge on any atom is -0.456 e. The van der Waals surface area contributed by atoms with Crippen LogP contribution in [0.1, 0.15) is 27.7 Å². The van der Waals surface area contributed by atoms with Gasteiger partial charge in [-0.3, -0.25) is 0 Å². The van der Waals surface area contributed by atoms with Gasteiger partial charge >= 0.3 is 7.48 Å². The third kappa shape index (κ3) is 3.57. The highest BCUT2D eigenvalue weighted by Gasteiger charge is 2.36. The summed E-state index contributed by atoms with van der Waals surface area (Å²) in [6.07, 6.45) is 0. The minimum absolute atomic E-state index is 0.344. The van der Waals surface area contributed by atoms with Crippen LogP contribution in [0, 0.1) is 0 Å². The number of furan rings is 1. The third-order valence-electron chi connectivity index (χ3n) is 7.79. The Morgan fingerprint density at radius 1 is 0.816 bits per heavy atom. The first-order chi connectivity index (χ1) is 18.2. The minimum atomic E-state index is -0.987. The molecular weight excluding hydrogens is 493 g/mol. The van der Waals surface area contributed by atoms with Gasteiger partial charge in [0.25, 0.3) is 0 Å². The van der Waals surface area contributed by atoms with Crippen molar-refractivity contribution in [2.75, 3.05) is 0 Å². The lowest BCUT2D eigenvalue weighted by molar-refractivity contribution is -0.0893. The molecule has 0 fully saturated rings. The average molecular weight is 519 g/mol. The van der Waals surface area contributed by atoms with Crippen LogP contribution in [0.3, 0.4) is 0 Å². The summed E-state index contributed by atoms with van der Waals surface area (Å²) in [6, 6.07) is 24.7. The van der Waals surface area contributed by atoms with E-state index in [1.165, 1.54) is 20.2 Å². The summed E-state index contributed by atoms with van der Waals surface area (Å²) >= 11 is 1.76. The molecule has 4 aromatic carbocycles. The van der Waals surface area contributed by atoms with Crippen molar-refractivity contribution in [2.45, 2.75) is 38.9 Å². The summed E-state index contributed by atoms with van der Waals surface area (Å²) in [5, 5.41) is 14.9. The molecule has 1 N–H and O–H groups in total. The van der Waals surface area contributed by atoms with Crippen LogP contribution in [-0.4, -0.2) is 28.8 Å². The number of hydrogen-bond donors (Lipinski definition) is 1. The first-order valence-electron chi connectivity index (χ1n) is 12.7. The second-order valence-electron chi connectivity index (χ2n) is 10.9. The van der Waals surface area contributed by atoms with Gasteiger partial charge in [-0.1, -0.05) is 42.5 Å². The standard InChI is InChI=1S/C31H26BNO4S/c1-30(2,34)31(3,4)37-32-21-12-8-13-23-27(21)20-15-25-22(16-24(20)35-23)33-29(36-25)19-11-7-10-18-17-9-5-6-14-26(17)38-28(18)19/h5-16,32,34H,1-4H3. The Kier molecular flexibility index (Phi) is 5.05. The van der Waals surface area contributed by atoms with Gasteiger partial charge in [-0.25, -0.2) is 4.98 Å². The monoisotopic (exact) mass is 519 g/mol. The fourth-order valence-corrected chi connectivity index (χ4v) is 6.11. The molecule has 7 aromatic rings. The quantitative estimate of drug-likeness (QED) is 0.242. The fourth-order valence-electron chi connectivity index (χ4n) is 4.91. The van der Waals surface area contributed by atoms with Gasteiger partial charge in [0.2, 0.25) is 5.89 Å². The second kappa shape index (κ2) is 8.17. The van der Waals surface area contributed by atoms with E-state index in [4.69, 9.17) is 18.5 Å². The molecule has 5 nitrogen and oxygen atoms in total. The van der Waals surface area contributed by atoms with Gasteiger partial charge in [-0.2, -0.15) is 0 Å². The highest BCUT2D eigenvalue weighted by Crippen LogP contribution is 2.41. The number of thiophene rings is 1. The molecule has 0 spiro atoms. The Morgan fingerprint density at radius 3 is 2.45 bits per heavy atom. The lowest BCUT2D eigenvalue weighted by Crippen LogP contribution is -2.49. The van der Waals surface area contributed by atoms with Crippen molar-refractivity contribution in [1.29, 1.82) is 0 Å². The Morgan fingerprint density at radius 2 is 1.61 bits per heavy atom. The zero-order chi connectivity index (χ0) is 26.2. The third-order valence-corrected chi connectivity index (χ3v) is 9.01. The molecule has 0 amide bonds. The van der Waals surface area contributed by atoms with E-state index in [1.807, 2.05) is 44.2 Å². The topological polar surface area (TPSA) is 68.6 Å². The number of rotatable bonds is 5. The summed E-state index contributed by atoms with van der Waals surface area (Å²) in [7, 11) is 0.344. The zero-order valence-electron chi connectivity index (χ0n) is 21.7. The van der Waals surface area contributed by atoms with E-state index < -0.39 is 11.2 Å². The van der Waals surface area contributed by atoms with Crippen LogP contribution in [-0.2, 0) is 4.65 Å². The molecule has 0 aliphatic rings. The average Bonchev–Trinajstić information content (AvgIpc) is 3.57. The molecule has 0 bridgehead atoms. The molecule has 188 valence electrons. The molecule has 7 heteroatoms. The Labute approximate surface area is 223 Å². The summed E-state index contributed by atoms with van der Waals surface area (Å²) in [4.78, 5) is 4.87. The predicted octanol–water partition coefficient (Wildman–Crippen LogP) is 7.31. The van der Waals surface area contributed by atoms with Crippen LogP contribution >= 0.6 is 11.3 Å². The predicted molar refractivity (Wildman–Crippen MR) is 158 cm³/mol. The molecular formula is C31H26BNO4S. The molecule has 7 rings (SSSR count). The number of aliphatic hydroxyl groups is 1. The van der Waals surface area contributed by atoms with Crippen LogP contribution in [0.15, 0.2) is 81.6 Å². The highest BCUT2D eigenvalue weighted by atomic mass is 32.1. The van der Waals surface area contributed by atoms with Gasteiger partial charge in [0.15, 0.2) is 5.58 Å². The van der Waals surface area contributed by atoms with Crippen LogP contribution in [0.25, 0.3) is 64.7 Å². The fraction of sp³-hybridized carbons (Fsp3) is 0.194. The van der Waals surface area contributed by atoms with Gasteiger partial charge < -0.3 is 18.6 Å². The lowest BCUT2D eigenvalue weighted by atomic mass is 9.80. The first kappa shape index (κ1) is 23.5. The van der Waals surface area contributed by atoms with Crippen molar-refractivity contribution in [3.8, 4) is 11.5 Å². The van der Waals surface area contributed by atoms with Gasteiger partial charge in [0, 0.05) is 37.0 Å². The summed E-state index contributed by atoms with van der Waals surface area (Å²) in [5.41, 5.74) is 3.27. The number of fused-ring (bicyclic) bond motifs is 7. The molecule has 0 aliphatic carbocycles. The van der Waals surface area contributed by atoms with E-state index >= 15 is 0 Å². The van der Waals surface area contributed by atoms with Crippen molar-refractivity contribution in [1.82, 2.24) is 4.98 Å². The van der Waals surface area contributed by atoms with Crippen LogP contribution in [0.5, 0.6) is 0 Å². The van der Waals surface area contributed by atoms with Crippen molar-refractivity contribution < 1.29 is 18.6 Å². The van der Waals surface area contributed by atoms with E-state index in [0.717, 1.165) is 38.5 Å². The molecule has 0 saturated carbocycles. The molecule has 0 saturated heterocycles. The molecule has 0 unspecified atom stereocenters. The van der Waals surface area contributed by atoms with Crippen LogP contribution in [0.2, 0.25) is 0 Å². The second-order valence-corrected chi connectivity index (χ2v) is 11.9. The van der Waals surface area contributed by atoms with E-state index in [2.05, 4.69) is 42.5 Å². The highest BCUT2D eigenvalue weighted by molar-refractivity contribution is 7.26. The Hall–Kier alpha value is -3.65. The summed E-state index contributed by atoms with van der Waals surface area (Å²) in [6.45, 7) is 7.32. The normalized spacial score (nSPS) is 13.0. The molecule has 38 heavy (non-hydrogen) atoms. The maximum Gasteiger partial charge on any atom is 0.310 e. The first-order valence-corrected chi connectivity index (χ1v) is 13.5. The number of hydrogen-bond acceptors (Lipinski definition) is 6. The summed E-state index contributed by atoms with van der Waals surface area (Å²) < 4.78 is 21.2. The van der Waals surface area contributed by atoms with E-state index in [9.17, 15) is 5.11 Å². The Bertz CT molecular complexity index is 2010. The van der Waals surface area contributed by atoms with Gasteiger partial charge in [0.05, 0.1) is 16.8 Å². The largest absolute Gasteiger partial charge is 0.456 e. The van der Waals surface area contributed by atoms with E-state index in [1.54, 1.807) is 25.2 Å². The van der Waals surface area contributed by atoms with Crippen molar-refractivity contribution in [2.24, 2.45) is 0 Å². The smallest absolute Gasteiger partial charge is 0.310 e. The molecule has 3 heterocycles. The van der Waals surface area contributed by atoms with Gasteiger partial charge in [0.1, 0.15) is 16.7 Å². The van der Waals surface area contributed by atoms with Crippen LogP contribution in [0.4, 0.5) is 0 Å². The number of aromatic nitrogens is 1. The lowest BCUT2D eigenvalue weighted by Gasteiger charge is -2.37.